The minimum absolute atomic E-state index is 0.0955. The first kappa shape index (κ1) is 24.8. The molecule has 8 nitrogen and oxygen atoms in total. The van der Waals surface area contributed by atoms with Gasteiger partial charge in [-0.15, -0.1) is 11.3 Å². The highest BCUT2D eigenvalue weighted by atomic mass is 32.1. The first-order chi connectivity index (χ1) is 15.1. The molecule has 2 amide bonds. The van der Waals surface area contributed by atoms with Crippen molar-refractivity contribution in [1.29, 1.82) is 0 Å². The molecule has 1 N–H and O–H groups in total. The summed E-state index contributed by atoms with van der Waals surface area (Å²) < 4.78 is 78.9. The predicted molar refractivity (Wildman–Crippen MR) is 105 cm³/mol. The van der Waals surface area contributed by atoms with Gasteiger partial charge in [0.15, 0.2) is 0 Å². The number of hydrogen-bond donors (Lipinski definition) is 1. The van der Waals surface area contributed by atoms with Gasteiger partial charge in [-0.1, -0.05) is 0 Å². The quantitative estimate of drug-likeness (QED) is 0.503. The Labute approximate surface area is 185 Å². The monoisotopic (exact) mass is 500 g/mol. The van der Waals surface area contributed by atoms with E-state index in [1.54, 1.807) is 0 Å². The molecule has 33 heavy (non-hydrogen) atoms. The summed E-state index contributed by atoms with van der Waals surface area (Å²) in [7, 11) is 0. The van der Waals surface area contributed by atoms with Crippen molar-refractivity contribution in [2.75, 3.05) is 13.1 Å². The zero-order chi connectivity index (χ0) is 24.9. The number of aryl methyl sites for hydroxylation is 2. The van der Waals surface area contributed by atoms with E-state index < -0.39 is 54.4 Å². The first-order valence-electron chi connectivity index (χ1n) is 9.61. The van der Waals surface area contributed by atoms with Crippen LogP contribution in [0.4, 0.5) is 26.3 Å². The minimum atomic E-state index is -5.00. The number of nitrogens with one attached hydrogen (secondary N) is 1. The fourth-order valence-electron chi connectivity index (χ4n) is 3.43. The molecule has 0 radical (unpaired) electrons. The maximum atomic E-state index is 13.3. The molecule has 0 spiro atoms. The molecular weight excluding hydrogens is 482 g/mol. The number of rotatable bonds is 5. The van der Waals surface area contributed by atoms with Crippen LogP contribution in [-0.4, -0.2) is 51.3 Å². The Kier molecular flexibility index (Phi) is 6.39. The summed E-state index contributed by atoms with van der Waals surface area (Å²) in [5.41, 5.74) is -2.67. The number of fused-ring (bicyclic) bond motifs is 1. The first-order valence-corrected chi connectivity index (χ1v) is 10.4. The van der Waals surface area contributed by atoms with Gasteiger partial charge in [-0.2, -0.15) is 26.3 Å². The molecule has 1 saturated heterocycles. The Bertz CT molecular complexity index is 1230. The van der Waals surface area contributed by atoms with Gasteiger partial charge in [-0.25, -0.2) is 9.36 Å². The number of hydrogen-bond acceptors (Lipinski definition) is 5. The zero-order valence-corrected chi connectivity index (χ0v) is 18.1. The van der Waals surface area contributed by atoms with Gasteiger partial charge in [0.1, 0.15) is 10.9 Å². The van der Waals surface area contributed by atoms with Crippen molar-refractivity contribution in [3.8, 4) is 0 Å². The van der Waals surface area contributed by atoms with Crippen LogP contribution in [0.15, 0.2) is 9.59 Å². The summed E-state index contributed by atoms with van der Waals surface area (Å²) in [6.45, 7) is 1.02. The molecule has 1 aliphatic heterocycles. The highest BCUT2D eigenvalue weighted by molar-refractivity contribution is 7.18. The zero-order valence-electron chi connectivity index (χ0n) is 17.3. The second-order valence-electron chi connectivity index (χ2n) is 7.51. The van der Waals surface area contributed by atoms with Crippen LogP contribution in [0.25, 0.3) is 10.2 Å². The van der Waals surface area contributed by atoms with Crippen LogP contribution in [0, 0.1) is 6.92 Å². The molecule has 1 aliphatic rings. The number of halogens is 6. The minimum Gasteiger partial charge on any atom is -0.346 e. The highest BCUT2D eigenvalue weighted by Gasteiger charge is 2.40. The van der Waals surface area contributed by atoms with Crippen LogP contribution >= 0.6 is 11.3 Å². The fourth-order valence-corrected chi connectivity index (χ4v) is 4.77. The molecule has 1 atom stereocenters. The molecule has 1 fully saturated rings. The largest absolute Gasteiger partial charge is 0.409 e. The average molecular weight is 500 g/mol. The second kappa shape index (κ2) is 8.50. The van der Waals surface area contributed by atoms with Crippen molar-refractivity contribution in [3.05, 3.63) is 31.3 Å². The second-order valence-corrected chi connectivity index (χ2v) is 8.59. The molecule has 0 aliphatic carbocycles. The lowest BCUT2D eigenvalue weighted by molar-refractivity contribution is -0.164. The smallest absolute Gasteiger partial charge is 0.346 e. The number of aromatic nitrogens is 2. The van der Waals surface area contributed by atoms with Crippen LogP contribution in [0.3, 0.4) is 0 Å². The van der Waals surface area contributed by atoms with Crippen LogP contribution in [0.2, 0.25) is 0 Å². The van der Waals surface area contributed by atoms with Gasteiger partial charge in [-0.3, -0.25) is 19.0 Å². The Morgan fingerprint density at radius 2 is 1.73 bits per heavy atom. The Morgan fingerprint density at radius 3 is 2.30 bits per heavy atom. The maximum absolute atomic E-state index is 13.3. The van der Waals surface area contributed by atoms with Gasteiger partial charge in [0.2, 0.25) is 0 Å². The van der Waals surface area contributed by atoms with E-state index in [9.17, 15) is 45.5 Å². The van der Waals surface area contributed by atoms with Crippen molar-refractivity contribution in [2.24, 2.45) is 0 Å². The summed E-state index contributed by atoms with van der Waals surface area (Å²) in [5, 5.41) is 2.01. The van der Waals surface area contributed by atoms with Gasteiger partial charge in [0, 0.05) is 24.5 Å². The van der Waals surface area contributed by atoms with Gasteiger partial charge in [0.25, 0.3) is 5.56 Å². The lowest BCUT2D eigenvalue weighted by atomic mass is 10.2. The van der Waals surface area contributed by atoms with E-state index in [-0.39, 0.29) is 44.9 Å². The van der Waals surface area contributed by atoms with E-state index in [0.29, 0.717) is 11.5 Å². The standard InChI is InChI=1S/C18H18F6N4O4S/c1-8-10(7-26-6-4-25-12(29)14(26)31)33-15-11(8)13(30)28(9(2)18(22,23)24)16(32)27(15)5-3-17(19,20)21/h9H,3-7H2,1-2H3,(H,25,29). The third-order valence-corrected chi connectivity index (χ3v) is 6.60. The molecule has 1 unspecified atom stereocenters. The van der Waals surface area contributed by atoms with E-state index in [4.69, 9.17) is 0 Å². The maximum Gasteiger partial charge on any atom is 0.409 e. The Morgan fingerprint density at radius 1 is 1.09 bits per heavy atom. The van der Waals surface area contributed by atoms with Gasteiger partial charge in [-0.05, 0) is 19.4 Å². The van der Waals surface area contributed by atoms with E-state index in [1.165, 1.54) is 6.92 Å². The Balaban J connectivity index is 2.22. The molecule has 182 valence electrons. The van der Waals surface area contributed by atoms with Crippen molar-refractivity contribution >= 4 is 33.4 Å². The molecule has 15 heteroatoms. The third-order valence-electron chi connectivity index (χ3n) is 5.30. The molecule has 2 aromatic rings. The summed E-state index contributed by atoms with van der Waals surface area (Å²) in [5.74, 6) is -1.72. The number of amides is 2. The van der Waals surface area contributed by atoms with E-state index >= 15 is 0 Å². The number of carbonyl (C=O) groups excluding carboxylic acids is 2. The molecule has 2 aromatic heterocycles. The van der Waals surface area contributed by atoms with Crippen LogP contribution in [-0.2, 0) is 22.7 Å². The van der Waals surface area contributed by atoms with Crippen molar-refractivity contribution < 1.29 is 35.9 Å². The van der Waals surface area contributed by atoms with Gasteiger partial charge in [0.05, 0.1) is 18.4 Å². The number of nitrogens with zero attached hydrogens (tertiary/aromatic N) is 3. The molecule has 0 aromatic carbocycles. The molecule has 0 saturated carbocycles. The van der Waals surface area contributed by atoms with Gasteiger partial charge < -0.3 is 10.2 Å². The average Bonchev–Trinajstić information content (AvgIpc) is 3.00. The summed E-state index contributed by atoms with van der Waals surface area (Å²) in [6, 6.07) is -2.57. The molecule has 0 bridgehead atoms. The number of carbonyl (C=O) groups is 2. The summed E-state index contributed by atoms with van der Waals surface area (Å²) in [4.78, 5) is 50.5. The molecule has 3 heterocycles. The van der Waals surface area contributed by atoms with Crippen molar-refractivity contribution in [3.63, 3.8) is 0 Å². The van der Waals surface area contributed by atoms with E-state index in [1.807, 2.05) is 0 Å². The third kappa shape index (κ3) is 4.77. The lowest BCUT2D eigenvalue weighted by Gasteiger charge is -2.26. The van der Waals surface area contributed by atoms with Crippen molar-refractivity contribution in [2.45, 2.75) is 51.8 Å². The fraction of sp³-hybridized carbons (Fsp3) is 0.556. The van der Waals surface area contributed by atoms with Crippen LogP contribution in [0.5, 0.6) is 0 Å². The predicted octanol–water partition coefficient (Wildman–Crippen LogP) is 2.07. The molecular formula is C18H18F6N4O4S. The SMILES string of the molecule is Cc1c(CN2CCNC(=O)C2=O)sc2c1c(=O)n(C(C)C(F)(F)F)c(=O)n2CCC(F)(F)F. The Hall–Kier alpha value is -2.84. The van der Waals surface area contributed by atoms with Crippen LogP contribution in [0.1, 0.15) is 29.8 Å². The van der Waals surface area contributed by atoms with E-state index in [0.717, 1.165) is 16.2 Å². The molecule has 3 rings (SSSR count). The van der Waals surface area contributed by atoms with Crippen LogP contribution < -0.4 is 16.6 Å². The number of thiophene rings is 1. The topological polar surface area (TPSA) is 93.4 Å². The number of alkyl halides is 6. The lowest BCUT2D eigenvalue weighted by Crippen LogP contribution is -2.51. The summed E-state index contributed by atoms with van der Waals surface area (Å²) >= 11 is 0.730. The van der Waals surface area contributed by atoms with Gasteiger partial charge >= 0.3 is 29.9 Å². The van der Waals surface area contributed by atoms with E-state index in [2.05, 4.69) is 5.32 Å². The number of piperazine rings is 1. The van der Waals surface area contributed by atoms with Crippen molar-refractivity contribution in [1.82, 2.24) is 19.4 Å². The normalized spacial score (nSPS) is 16.4. The highest BCUT2D eigenvalue weighted by Crippen LogP contribution is 2.32. The summed E-state index contributed by atoms with van der Waals surface area (Å²) in [6.07, 6.45) is -11.2.